The van der Waals surface area contributed by atoms with Gasteiger partial charge in [-0.1, -0.05) is 115 Å². The van der Waals surface area contributed by atoms with Gasteiger partial charge in [0.1, 0.15) is 36.5 Å². The molecule has 0 spiro atoms. The van der Waals surface area contributed by atoms with Crippen LogP contribution in [0.3, 0.4) is 0 Å². The number of hydrogen-bond acceptors (Lipinski definition) is 9. The highest BCUT2D eigenvalue weighted by Gasteiger charge is 2.32. The molecule has 0 radical (unpaired) electrons. The van der Waals surface area contributed by atoms with E-state index in [-0.39, 0.29) is 32.3 Å². The number of esters is 1. The van der Waals surface area contributed by atoms with Crippen LogP contribution in [-0.4, -0.2) is 71.4 Å². The molecule has 0 saturated carbocycles. The molecule has 5 aromatic carbocycles. The minimum absolute atomic E-state index is 0.00835. The molecule has 1 aromatic heterocycles. The lowest BCUT2D eigenvalue weighted by molar-refractivity contribution is -0.142. The molecular formula is C51H48N4O9S. The Kier molecular flexibility index (Phi) is 15.5. The molecule has 13 nitrogen and oxygen atoms in total. The summed E-state index contributed by atoms with van der Waals surface area (Å²) in [7, 11) is 0. The predicted molar refractivity (Wildman–Crippen MR) is 245 cm³/mol. The Morgan fingerprint density at radius 1 is 0.615 bits per heavy atom. The molecule has 4 amide bonds. The molecule has 65 heavy (non-hydrogen) atoms. The van der Waals surface area contributed by atoms with E-state index in [0.717, 1.165) is 27.1 Å². The van der Waals surface area contributed by atoms with E-state index in [9.17, 15) is 33.9 Å². The second-order valence-corrected chi connectivity index (χ2v) is 16.7. The zero-order valence-corrected chi connectivity index (χ0v) is 36.1. The number of nitrogens with one attached hydrogen (secondary N) is 4. The molecule has 2 aliphatic rings. The van der Waals surface area contributed by atoms with Gasteiger partial charge in [0.15, 0.2) is 6.61 Å². The van der Waals surface area contributed by atoms with Crippen LogP contribution in [0.25, 0.3) is 11.1 Å². The van der Waals surface area contributed by atoms with Gasteiger partial charge >= 0.3 is 11.9 Å². The number of carbonyl (C=O) groups is 6. The largest absolute Gasteiger partial charge is 0.484 e. The normalized spacial score (nSPS) is 18.3. The summed E-state index contributed by atoms with van der Waals surface area (Å²) in [5, 5.41) is 23.1. The fourth-order valence-electron chi connectivity index (χ4n) is 7.31. The number of ether oxygens (including phenoxy) is 2. The van der Waals surface area contributed by atoms with Crippen LogP contribution >= 0.6 is 11.3 Å². The molecule has 2 bridgehead atoms. The van der Waals surface area contributed by atoms with Gasteiger partial charge in [-0.3, -0.25) is 19.2 Å². The molecule has 4 unspecified atom stereocenters. The van der Waals surface area contributed by atoms with Crippen molar-refractivity contribution in [1.29, 1.82) is 0 Å². The minimum atomic E-state index is -1.34. The molecule has 4 atom stereocenters. The highest BCUT2D eigenvalue weighted by molar-refractivity contribution is 7.09. The quantitative estimate of drug-likeness (QED) is 0.0742. The number of carboxylic acid groups (broad SMARTS) is 1. The maximum Gasteiger partial charge on any atom is 0.338 e. The van der Waals surface area contributed by atoms with Crippen LogP contribution in [0.1, 0.15) is 43.9 Å². The van der Waals surface area contributed by atoms with E-state index < -0.39 is 66.3 Å². The van der Waals surface area contributed by atoms with Crippen LogP contribution in [0.2, 0.25) is 0 Å². The van der Waals surface area contributed by atoms with Crippen molar-refractivity contribution in [3.63, 3.8) is 0 Å². The van der Waals surface area contributed by atoms with Gasteiger partial charge < -0.3 is 35.8 Å². The number of carbonyl (C=O) groups excluding carboxylic acids is 5. The van der Waals surface area contributed by atoms with Crippen molar-refractivity contribution < 1.29 is 43.3 Å². The van der Waals surface area contributed by atoms with Gasteiger partial charge in [0, 0.05) is 24.1 Å². The van der Waals surface area contributed by atoms with Crippen LogP contribution in [0.15, 0.2) is 151 Å². The van der Waals surface area contributed by atoms with Gasteiger partial charge in [-0.15, -0.1) is 11.3 Å². The second-order valence-electron chi connectivity index (χ2n) is 15.6. The van der Waals surface area contributed by atoms with E-state index in [1.54, 1.807) is 36.4 Å². The molecule has 2 aliphatic heterocycles. The number of rotatable bonds is 12. The first-order valence-corrected chi connectivity index (χ1v) is 22.1. The highest BCUT2D eigenvalue weighted by Crippen LogP contribution is 2.22. The number of aryl methyl sites for hydroxylation is 1. The highest BCUT2D eigenvalue weighted by atomic mass is 32.1. The lowest BCUT2D eigenvalue weighted by Crippen LogP contribution is -2.59. The zero-order chi connectivity index (χ0) is 45.5. The lowest BCUT2D eigenvalue weighted by atomic mass is 9.98. The summed E-state index contributed by atoms with van der Waals surface area (Å²) in [6.07, 6.45) is 0.560. The standard InChI is InChI=1S/C51H48N4O9S/c56-46-32-63-40-24-15-35(16-25-40)29-45(50(60)61)55-47(57)42(26-17-33-8-3-1-4-9-33)53-48(58)43(54-49(59)44(52-46)30-41-12-7-27-65-41)28-34-13-18-37(19-14-34)38-20-22-39(23-21-38)51(62)64-31-36-10-5-2-6-11-36/h1-16,18-25,27,42-45H,17,26,28-32H2,(H,52,56)(H,53,58)(H,54,59)(H,55,57)(H,60,61). The van der Waals surface area contributed by atoms with E-state index in [1.807, 2.05) is 115 Å². The van der Waals surface area contributed by atoms with E-state index in [4.69, 9.17) is 9.47 Å². The van der Waals surface area contributed by atoms with Gasteiger partial charge in [0.05, 0.1) is 5.56 Å². The molecule has 6 aromatic rings. The van der Waals surface area contributed by atoms with Gasteiger partial charge in [-0.05, 0) is 81.9 Å². The summed E-state index contributed by atoms with van der Waals surface area (Å²) in [6.45, 7) is -0.259. The van der Waals surface area contributed by atoms with Crippen molar-refractivity contribution in [2.75, 3.05) is 6.61 Å². The summed E-state index contributed by atoms with van der Waals surface area (Å²) < 4.78 is 11.2. The topological polar surface area (TPSA) is 189 Å². The third kappa shape index (κ3) is 13.2. The number of carboxylic acids is 1. The summed E-state index contributed by atoms with van der Waals surface area (Å²) in [5.74, 6) is -3.96. The first kappa shape index (κ1) is 45.4. The summed E-state index contributed by atoms with van der Waals surface area (Å²) in [6, 6.07) is 38.4. The van der Waals surface area contributed by atoms with E-state index in [0.29, 0.717) is 28.9 Å². The average molecular weight is 893 g/mol. The molecule has 14 heteroatoms. The molecule has 332 valence electrons. The van der Waals surface area contributed by atoms with Crippen molar-refractivity contribution in [2.24, 2.45) is 0 Å². The number of hydrogen-bond donors (Lipinski definition) is 5. The third-order valence-electron chi connectivity index (χ3n) is 10.9. The summed E-state index contributed by atoms with van der Waals surface area (Å²) in [5.41, 5.74) is 5.09. The number of benzene rings is 5. The fourth-order valence-corrected chi connectivity index (χ4v) is 8.06. The lowest BCUT2D eigenvalue weighted by Gasteiger charge is -2.26. The first-order valence-electron chi connectivity index (χ1n) is 21.2. The molecule has 3 heterocycles. The Morgan fingerprint density at radius 2 is 1.22 bits per heavy atom. The Morgan fingerprint density at radius 3 is 1.85 bits per heavy atom. The van der Waals surface area contributed by atoms with Crippen molar-refractivity contribution in [3.8, 4) is 16.9 Å². The summed E-state index contributed by atoms with van der Waals surface area (Å²) in [4.78, 5) is 82.1. The maximum atomic E-state index is 14.5. The minimum Gasteiger partial charge on any atom is -0.484 e. The molecule has 5 N–H and O–H groups in total. The number of amides is 4. The monoisotopic (exact) mass is 892 g/mol. The first-order chi connectivity index (χ1) is 31.6. The fraction of sp³-hybridized carbons (Fsp3) is 0.216. The van der Waals surface area contributed by atoms with E-state index in [1.165, 1.54) is 11.3 Å². The van der Waals surface area contributed by atoms with Crippen LogP contribution in [0.4, 0.5) is 0 Å². The molecule has 0 saturated heterocycles. The SMILES string of the molecule is O=C1COc2ccc(cc2)CC(C(=O)O)NC(=O)C(CCc2ccccc2)NC(=O)C(Cc2ccc(-c3ccc(C(=O)OCc4ccccc4)cc3)cc2)NC(=O)C(Cc2cccs2)N1. The average Bonchev–Trinajstić information content (AvgIpc) is 3.85. The number of thiophene rings is 1. The van der Waals surface area contributed by atoms with Gasteiger partial charge in [0.2, 0.25) is 17.7 Å². The van der Waals surface area contributed by atoms with Gasteiger partial charge in [-0.25, -0.2) is 9.59 Å². The van der Waals surface area contributed by atoms with Crippen molar-refractivity contribution >= 4 is 46.9 Å². The Hall–Kier alpha value is -7.58. The molecule has 0 fully saturated rings. The van der Waals surface area contributed by atoms with Crippen LogP contribution in [0.5, 0.6) is 5.75 Å². The van der Waals surface area contributed by atoms with Gasteiger partial charge in [0.25, 0.3) is 5.91 Å². The molecule has 8 rings (SSSR count). The summed E-state index contributed by atoms with van der Waals surface area (Å²) >= 11 is 1.41. The molecule has 0 aliphatic carbocycles. The number of fused-ring (bicyclic) bond motifs is 16. The third-order valence-corrected chi connectivity index (χ3v) is 11.8. The smallest absolute Gasteiger partial charge is 0.338 e. The second kappa shape index (κ2) is 22.2. The Balaban J connectivity index is 1.14. The van der Waals surface area contributed by atoms with Crippen LogP contribution in [-0.2, 0) is 61.0 Å². The maximum absolute atomic E-state index is 14.5. The number of aliphatic carboxylic acids is 1. The van der Waals surface area contributed by atoms with Crippen LogP contribution < -0.4 is 26.0 Å². The Labute approximate surface area is 380 Å². The van der Waals surface area contributed by atoms with Crippen molar-refractivity contribution in [1.82, 2.24) is 21.3 Å². The van der Waals surface area contributed by atoms with E-state index in [2.05, 4.69) is 21.3 Å². The zero-order valence-electron chi connectivity index (χ0n) is 35.3. The van der Waals surface area contributed by atoms with Crippen LogP contribution in [0, 0.1) is 0 Å². The molecular weight excluding hydrogens is 845 g/mol. The van der Waals surface area contributed by atoms with Crippen molar-refractivity contribution in [3.05, 3.63) is 184 Å². The van der Waals surface area contributed by atoms with Crippen molar-refractivity contribution in [2.45, 2.75) is 62.9 Å². The van der Waals surface area contributed by atoms with Gasteiger partial charge in [-0.2, -0.15) is 0 Å². The predicted octanol–water partition coefficient (Wildman–Crippen LogP) is 5.85. The Bertz CT molecular complexity index is 2550. The van der Waals surface area contributed by atoms with E-state index >= 15 is 0 Å².